The van der Waals surface area contributed by atoms with Gasteiger partial charge < -0.3 is 10.1 Å². The molecule has 0 unspecified atom stereocenters. The van der Waals surface area contributed by atoms with Crippen LogP contribution in [-0.2, 0) is 22.6 Å². The molecule has 4 rings (SSSR count). The van der Waals surface area contributed by atoms with E-state index in [2.05, 4.69) is 43.8 Å². The first-order chi connectivity index (χ1) is 14.5. The molecule has 0 bridgehead atoms. The van der Waals surface area contributed by atoms with E-state index < -0.39 is 0 Å². The molecule has 1 aliphatic heterocycles. The van der Waals surface area contributed by atoms with E-state index >= 15 is 0 Å². The average molecular weight is 406 g/mol. The Morgan fingerprint density at radius 3 is 2.47 bits per heavy atom. The van der Waals surface area contributed by atoms with Gasteiger partial charge in [-0.3, -0.25) is 9.69 Å². The van der Waals surface area contributed by atoms with Crippen molar-refractivity contribution in [1.82, 2.24) is 25.1 Å². The largest absolute Gasteiger partial charge is 0.379 e. The summed E-state index contributed by atoms with van der Waals surface area (Å²) < 4.78 is 5.39. The van der Waals surface area contributed by atoms with Crippen molar-refractivity contribution in [3.05, 3.63) is 59.2 Å². The van der Waals surface area contributed by atoms with Crippen LogP contribution in [0.5, 0.6) is 0 Å². The Morgan fingerprint density at radius 2 is 1.77 bits per heavy atom. The van der Waals surface area contributed by atoms with Gasteiger partial charge in [-0.05, 0) is 47.9 Å². The van der Waals surface area contributed by atoms with Crippen LogP contribution in [0.4, 0.5) is 5.69 Å². The van der Waals surface area contributed by atoms with Crippen LogP contribution in [0.3, 0.4) is 0 Å². The molecule has 8 heteroatoms. The number of amides is 1. The molecule has 1 saturated heterocycles. The van der Waals surface area contributed by atoms with Crippen LogP contribution in [0.1, 0.15) is 16.7 Å². The zero-order chi connectivity index (χ0) is 20.9. The van der Waals surface area contributed by atoms with E-state index in [9.17, 15) is 4.79 Å². The molecule has 1 amide bonds. The molecule has 3 aromatic rings. The average Bonchev–Trinajstić information content (AvgIpc) is 3.17. The number of aryl methyl sites for hydroxylation is 2. The third-order valence-electron chi connectivity index (χ3n) is 4.97. The SMILES string of the molecule is Cc1cc(C)cc(NC(=O)Cn2nnc(-c3ccc(CN4CCOCC4)cc3)n2)c1. The third kappa shape index (κ3) is 5.28. The maximum Gasteiger partial charge on any atom is 0.248 e. The van der Waals surface area contributed by atoms with Gasteiger partial charge in [0, 0.05) is 30.9 Å². The summed E-state index contributed by atoms with van der Waals surface area (Å²) >= 11 is 0. The minimum absolute atomic E-state index is 0.00903. The van der Waals surface area contributed by atoms with Crippen LogP contribution in [0.25, 0.3) is 11.4 Å². The van der Waals surface area contributed by atoms with E-state index in [0.29, 0.717) is 5.82 Å². The van der Waals surface area contributed by atoms with Crippen molar-refractivity contribution >= 4 is 11.6 Å². The lowest BCUT2D eigenvalue weighted by atomic mass is 10.1. The van der Waals surface area contributed by atoms with Gasteiger partial charge in [0.15, 0.2) is 0 Å². The number of nitrogens with zero attached hydrogens (tertiary/aromatic N) is 5. The summed E-state index contributed by atoms with van der Waals surface area (Å²) in [6, 6.07) is 14.1. The Labute approximate surface area is 175 Å². The first-order valence-electron chi connectivity index (χ1n) is 10.1. The second-order valence-electron chi connectivity index (χ2n) is 7.65. The van der Waals surface area contributed by atoms with Crippen LogP contribution in [0.2, 0.25) is 0 Å². The molecule has 1 fully saturated rings. The van der Waals surface area contributed by atoms with Gasteiger partial charge in [-0.15, -0.1) is 10.2 Å². The molecule has 2 heterocycles. The number of carbonyl (C=O) groups excluding carboxylic acids is 1. The van der Waals surface area contributed by atoms with Crippen molar-refractivity contribution < 1.29 is 9.53 Å². The monoisotopic (exact) mass is 406 g/mol. The molecule has 156 valence electrons. The number of hydrogen-bond acceptors (Lipinski definition) is 6. The Hall–Kier alpha value is -3.10. The van der Waals surface area contributed by atoms with Crippen LogP contribution >= 0.6 is 0 Å². The minimum Gasteiger partial charge on any atom is -0.379 e. The van der Waals surface area contributed by atoms with Gasteiger partial charge in [0.1, 0.15) is 6.54 Å². The third-order valence-corrected chi connectivity index (χ3v) is 4.97. The quantitative estimate of drug-likeness (QED) is 0.677. The zero-order valence-electron chi connectivity index (χ0n) is 17.3. The normalized spacial score (nSPS) is 14.6. The molecule has 1 aromatic heterocycles. The highest BCUT2D eigenvalue weighted by Gasteiger charge is 2.12. The minimum atomic E-state index is -0.190. The summed E-state index contributed by atoms with van der Waals surface area (Å²) in [7, 11) is 0. The summed E-state index contributed by atoms with van der Waals surface area (Å²) in [5, 5.41) is 15.3. The number of anilines is 1. The number of rotatable bonds is 6. The van der Waals surface area contributed by atoms with Crippen molar-refractivity contribution in [3.8, 4) is 11.4 Å². The van der Waals surface area contributed by atoms with E-state index in [-0.39, 0.29) is 12.5 Å². The second-order valence-corrected chi connectivity index (χ2v) is 7.65. The number of tetrazole rings is 1. The number of benzene rings is 2. The van der Waals surface area contributed by atoms with Crippen LogP contribution in [0, 0.1) is 13.8 Å². The molecule has 1 aliphatic rings. The number of hydrogen-bond donors (Lipinski definition) is 1. The second kappa shape index (κ2) is 9.15. The van der Waals surface area contributed by atoms with E-state index in [1.165, 1.54) is 10.4 Å². The first kappa shape index (κ1) is 20.2. The molecule has 8 nitrogen and oxygen atoms in total. The fraction of sp³-hybridized carbons (Fsp3) is 0.364. The number of nitrogens with one attached hydrogen (secondary N) is 1. The number of carbonyl (C=O) groups is 1. The lowest BCUT2D eigenvalue weighted by Gasteiger charge is -2.26. The molecule has 2 aromatic carbocycles. The van der Waals surface area contributed by atoms with Crippen LogP contribution in [0.15, 0.2) is 42.5 Å². The maximum absolute atomic E-state index is 12.3. The Kier molecular flexibility index (Phi) is 6.15. The highest BCUT2D eigenvalue weighted by Crippen LogP contribution is 2.17. The van der Waals surface area contributed by atoms with E-state index in [0.717, 1.165) is 55.2 Å². The number of ether oxygens (including phenoxy) is 1. The van der Waals surface area contributed by atoms with E-state index in [4.69, 9.17) is 4.74 Å². The summed E-state index contributed by atoms with van der Waals surface area (Å²) in [5.74, 6) is 0.317. The number of aromatic nitrogens is 4. The van der Waals surface area contributed by atoms with Gasteiger partial charge in [0.05, 0.1) is 13.2 Å². The first-order valence-corrected chi connectivity index (χ1v) is 10.1. The zero-order valence-corrected chi connectivity index (χ0v) is 17.3. The Bertz CT molecular complexity index is 988. The van der Waals surface area contributed by atoms with Gasteiger partial charge in [-0.2, -0.15) is 4.80 Å². The lowest BCUT2D eigenvalue weighted by Crippen LogP contribution is -2.35. The number of morpholine rings is 1. The standard InChI is InChI=1S/C22H26N6O2/c1-16-11-17(2)13-20(12-16)23-21(29)15-28-25-22(24-26-28)19-5-3-18(4-6-19)14-27-7-9-30-10-8-27/h3-6,11-13H,7-10,14-15H2,1-2H3,(H,23,29). The molecule has 0 saturated carbocycles. The van der Waals surface area contributed by atoms with E-state index in [1.807, 2.05) is 38.1 Å². The van der Waals surface area contributed by atoms with Crippen molar-refractivity contribution in [2.45, 2.75) is 26.9 Å². The van der Waals surface area contributed by atoms with E-state index in [1.54, 1.807) is 0 Å². The maximum atomic E-state index is 12.3. The van der Waals surface area contributed by atoms with Crippen molar-refractivity contribution in [3.63, 3.8) is 0 Å². The highest BCUT2D eigenvalue weighted by atomic mass is 16.5. The van der Waals surface area contributed by atoms with Gasteiger partial charge in [0.25, 0.3) is 0 Å². The summed E-state index contributed by atoms with van der Waals surface area (Å²) in [6.07, 6.45) is 0. The summed E-state index contributed by atoms with van der Waals surface area (Å²) in [6.45, 7) is 8.42. The predicted molar refractivity (Wildman–Crippen MR) is 114 cm³/mol. The molecule has 1 N–H and O–H groups in total. The molecule has 0 atom stereocenters. The topological polar surface area (TPSA) is 85.2 Å². The Balaban J connectivity index is 1.35. The van der Waals surface area contributed by atoms with Crippen molar-refractivity contribution in [2.24, 2.45) is 0 Å². The van der Waals surface area contributed by atoms with Gasteiger partial charge in [-0.1, -0.05) is 30.3 Å². The summed E-state index contributed by atoms with van der Waals surface area (Å²) in [5.41, 5.74) is 5.09. The lowest BCUT2D eigenvalue weighted by molar-refractivity contribution is -0.117. The highest BCUT2D eigenvalue weighted by molar-refractivity contribution is 5.90. The molecule has 0 spiro atoms. The molecule has 30 heavy (non-hydrogen) atoms. The fourth-order valence-electron chi connectivity index (χ4n) is 3.58. The van der Waals surface area contributed by atoms with Crippen molar-refractivity contribution in [2.75, 3.05) is 31.6 Å². The fourth-order valence-corrected chi connectivity index (χ4v) is 3.58. The van der Waals surface area contributed by atoms with Crippen LogP contribution < -0.4 is 5.32 Å². The van der Waals surface area contributed by atoms with Gasteiger partial charge in [0.2, 0.25) is 11.7 Å². The molecular formula is C22H26N6O2. The molecule has 0 radical (unpaired) electrons. The smallest absolute Gasteiger partial charge is 0.248 e. The van der Waals surface area contributed by atoms with Gasteiger partial charge >= 0.3 is 0 Å². The molecule has 0 aliphatic carbocycles. The molecular weight excluding hydrogens is 380 g/mol. The van der Waals surface area contributed by atoms with Gasteiger partial charge in [-0.25, -0.2) is 0 Å². The van der Waals surface area contributed by atoms with Crippen molar-refractivity contribution in [1.29, 1.82) is 0 Å². The van der Waals surface area contributed by atoms with Crippen LogP contribution in [-0.4, -0.2) is 57.3 Å². The predicted octanol–water partition coefficient (Wildman–Crippen LogP) is 2.43. The Morgan fingerprint density at radius 1 is 1.07 bits per heavy atom. The summed E-state index contributed by atoms with van der Waals surface area (Å²) in [4.78, 5) is 16.0.